The van der Waals surface area contributed by atoms with E-state index >= 15 is 0 Å². The lowest BCUT2D eigenvalue weighted by atomic mass is 10.1. The first-order valence-corrected chi connectivity index (χ1v) is 8.57. The smallest absolute Gasteiger partial charge is 0.273 e. The summed E-state index contributed by atoms with van der Waals surface area (Å²) in [6.45, 7) is 0.0222. The van der Waals surface area contributed by atoms with Crippen LogP contribution in [0.5, 0.6) is 5.75 Å². The van der Waals surface area contributed by atoms with Gasteiger partial charge in [-0.05, 0) is 35.9 Å². The minimum absolute atomic E-state index is 0.0933. The van der Waals surface area contributed by atoms with Crippen molar-refractivity contribution >= 4 is 17.5 Å². The van der Waals surface area contributed by atoms with E-state index in [1.807, 2.05) is 0 Å². The summed E-state index contributed by atoms with van der Waals surface area (Å²) in [7, 11) is 0. The SMILES string of the molecule is NC(=O)c1ccc(Cn2ccc(OCc3ccc(F)cc3F)c(Cl)c2=O)cc1. The third-order valence-corrected chi connectivity index (χ3v) is 4.41. The number of pyridine rings is 1. The van der Waals surface area contributed by atoms with Crippen LogP contribution < -0.4 is 16.0 Å². The molecule has 1 aromatic heterocycles. The van der Waals surface area contributed by atoms with Crippen LogP contribution in [0.25, 0.3) is 0 Å². The van der Waals surface area contributed by atoms with Gasteiger partial charge in [0.15, 0.2) is 0 Å². The van der Waals surface area contributed by atoms with Crippen LogP contribution in [0.3, 0.4) is 0 Å². The minimum atomic E-state index is -0.746. The number of amides is 1. The molecule has 0 spiro atoms. The zero-order chi connectivity index (χ0) is 20.3. The molecular weight excluding hydrogens is 390 g/mol. The highest BCUT2D eigenvalue weighted by molar-refractivity contribution is 6.31. The third kappa shape index (κ3) is 4.37. The number of hydrogen-bond donors (Lipinski definition) is 1. The van der Waals surface area contributed by atoms with Crippen molar-refractivity contribution in [2.75, 3.05) is 0 Å². The van der Waals surface area contributed by atoms with Gasteiger partial charge in [0.1, 0.15) is 29.0 Å². The predicted octanol–water partition coefficient (Wildman–Crippen LogP) is 3.51. The molecule has 0 saturated carbocycles. The molecule has 0 saturated heterocycles. The number of carbonyl (C=O) groups excluding carboxylic acids is 1. The second-order valence-corrected chi connectivity index (χ2v) is 6.39. The summed E-state index contributed by atoms with van der Waals surface area (Å²) in [5.74, 6) is -1.88. The first kappa shape index (κ1) is 19.6. The van der Waals surface area contributed by atoms with E-state index in [1.165, 1.54) is 22.9 Å². The standard InChI is InChI=1S/C20H15ClF2N2O3/c21-18-17(28-11-14-5-6-15(22)9-16(14)23)7-8-25(20(18)27)10-12-1-3-13(4-2-12)19(24)26/h1-9H,10-11H2,(H2,24,26). The summed E-state index contributed by atoms with van der Waals surface area (Å²) in [6, 6.07) is 11.1. The van der Waals surface area contributed by atoms with Gasteiger partial charge < -0.3 is 15.0 Å². The number of rotatable bonds is 6. The average molecular weight is 405 g/mol. The Balaban J connectivity index is 1.75. The Morgan fingerprint density at radius 2 is 1.82 bits per heavy atom. The zero-order valence-electron chi connectivity index (χ0n) is 14.5. The van der Waals surface area contributed by atoms with E-state index in [1.54, 1.807) is 24.3 Å². The molecule has 0 bridgehead atoms. The molecular formula is C20H15ClF2N2O3. The van der Waals surface area contributed by atoms with Crippen LogP contribution in [0.15, 0.2) is 59.5 Å². The number of nitrogens with zero attached hydrogens (tertiary/aromatic N) is 1. The summed E-state index contributed by atoms with van der Waals surface area (Å²) in [5.41, 5.74) is 5.98. The number of primary amides is 1. The monoisotopic (exact) mass is 404 g/mol. The predicted molar refractivity (Wildman–Crippen MR) is 100 cm³/mol. The quantitative estimate of drug-likeness (QED) is 0.683. The Morgan fingerprint density at radius 1 is 1.11 bits per heavy atom. The lowest BCUT2D eigenvalue weighted by Crippen LogP contribution is -2.21. The zero-order valence-corrected chi connectivity index (χ0v) is 15.2. The number of aromatic nitrogens is 1. The van der Waals surface area contributed by atoms with Gasteiger partial charge >= 0.3 is 0 Å². The molecule has 2 N–H and O–H groups in total. The molecule has 5 nitrogen and oxygen atoms in total. The fourth-order valence-electron chi connectivity index (χ4n) is 2.53. The van der Waals surface area contributed by atoms with Gasteiger partial charge in [-0.1, -0.05) is 23.7 Å². The second-order valence-electron chi connectivity index (χ2n) is 6.01. The summed E-state index contributed by atoms with van der Waals surface area (Å²) >= 11 is 6.09. The van der Waals surface area contributed by atoms with E-state index in [4.69, 9.17) is 22.1 Å². The Kier molecular flexibility index (Phi) is 5.75. The van der Waals surface area contributed by atoms with Gasteiger partial charge in [0.05, 0.1) is 6.54 Å². The first-order valence-electron chi connectivity index (χ1n) is 8.19. The van der Waals surface area contributed by atoms with Crippen LogP contribution in [0.1, 0.15) is 21.5 Å². The van der Waals surface area contributed by atoms with E-state index in [0.29, 0.717) is 5.56 Å². The van der Waals surface area contributed by atoms with Crippen LogP contribution >= 0.6 is 11.6 Å². The Bertz CT molecular complexity index is 1080. The van der Waals surface area contributed by atoms with Gasteiger partial charge in [0.25, 0.3) is 5.56 Å². The van der Waals surface area contributed by atoms with Gasteiger partial charge in [-0.25, -0.2) is 8.78 Å². The number of carbonyl (C=O) groups is 1. The maximum absolute atomic E-state index is 13.7. The largest absolute Gasteiger partial charge is 0.487 e. The molecule has 2 aromatic carbocycles. The van der Waals surface area contributed by atoms with E-state index in [9.17, 15) is 18.4 Å². The van der Waals surface area contributed by atoms with Gasteiger partial charge in [-0.15, -0.1) is 0 Å². The highest BCUT2D eigenvalue weighted by Gasteiger charge is 2.12. The maximum Gasteiger partial charge on any atom is 0.273 e. The van der Waals surface area contributed by atoms with Gasteiger partial charge in [0.2, 0.25) is 5.91 Å². The van der Waals surface area contributed by atoms with Gasteiger partial charge in [-0.3, -0.25) is 9.59 Å². The average Bonchev–Trinajstić information content (AvgIpc) is 2.66. The third-order valence-electron chi connectivity index (χ3n) is 4.06. The second kappa shape index (κ2) is 8.22. The lowest BCUT2D eigenvalue weighted by molar-refractivity contribution is 0.100. The van der Waals surface area contributed by atoms with Crippen molar-refractivity contribution in [3.63, 3.8) is 0 Å². The number of ether oxygens (including phenoxy) is 1. The molecule has 0 aliphatic rings. The molecule has 0 fully saturated rings. The molecule has 0 radical (unpaired) electrons. The van der Waals surface area contributed by atoms with E-state index in [0.717, 1.165) is 17.7 Å². The van der Waals surface area contributed by atoms with Crippen molar-refractivity contribution in [1.82, 2.24) is 4.57 Å². The lowest BCUT2D eigenvalue weighted by Gasteiger charge is -2.12. The highest BCUT2D eigenvalue weighted by atomic mass is 35.5. The molecule has 1 heterocycles. The summed E-state index contributed by atoms with van der Waals surface area (Å²) < 4.78 is 33.4. The van der Waals surface area contributed by atoms with Crippen molar-refractivity contribution in [1.29, 1.82) is 0 Å². The summed E-state index contributed by atoms with van der Waals surface area (Å²) in [4.78, 5) is 23.5. The summed E-state index contributed by atoms with van der Waals surface area (Å²) in [6.07, 6.45) is 1.49. The van der Waals surface area contributed by atoms with Crippen LogP contribution in [0.2, 0.25) is 5.02 Å². The van der Waals surface area contributed by atoms with Gasteiger partial charge in [0, 0.05) is 23.4 Å². The molecule has 144 valence electrons. The van der Waals surface area contributed by atoms with Crippen molar-refractivity contribution in [2.24, 2.45) is 5.73 Å². The molecule has 0 aliphatic heterocycles. The number of hydrogen-bond acceptors (Lipinski definition) is 3. The fraction of sp³-hybridized carbons (Fsp3) is 0.100. The van der Waals surface area contributed by atoms with Crippen molar-refractivity contribution < 1.29 is 18.3 Å². The van der Waals surface area contributed by atoms with E-state index in [-0.39, 0.29) is 29.5 Å². The topological polar surface area (TPSA) is 74.3 Å². The normalized spacial score (nSPS) is 10.7. The van der Waals surface area contributed by atoms with Crippen LogP contribution in [-0.4, -0.2) is 10.5 Å². The van der Waals surface area contributed by atoms with Gasteiger partial charge in [-0.2, -0.15) is 0 Å². The molecule has 0 atom stereocenters. The minimum Gasteiger partial charge on any atom is -0.487 e. The molecule has 0 aliphatic carbocycles. The molecule has 1 amide bonds. The molecule has 28 heavy (non-hydrogen) atoms. The fourth-order valence-corrected chi connectivity index (χ4v) is 2.76. The molecule has 8 heteroatoms. The van der Waals surface area contributed by atoms with Crippen molar-refractivity contribution in [3.8, 4) is 5.75 Å². The van der Waals surface area contributed by atoms with Crippen LogP contribution in [0, 0.1) is 11.6 Å². The van der Waals surface area contributed by atoms with Crippen LogP contribution in [-0.2, 0) is 13.2 Å². The molecule has 3 aromatic rings. The highest BCUT2D eigenvalue weighted by Crippen LogP contribution is 2.22. The Hall–Kier alpha value is -3.19. The van der Waals surface area contributed by atoms with Crippen molar-refractivity contribution in [2.45, 2.75) is 13.2 Å². The summed E-state index contributed by atoms with van der Waals surface area (Å²) in [5, 5.41) is -0.154. The van der Waals surface area contributed by atoms with E-state index < -0.39 is 23.1 Å². The number of nitrogens with two attached hydrogens (primary N) is 1. The molecule has 0 unspecified atom stereocenters. The number of halogens is 3. The van der Waals surface area contributed by atoms with Crippen LogP contribution in [0.4, 0.5) is 8.78 Å². The first-order chi connectivity index (χ1) is 13.3. The molecule has 3 rings (SSSR count). The Morgan fingerprint density at radius 3 is 2.46 bits per heavy atom. The van der Waals surface area contributed by atoms with E-state index in [2.05, 4.69) is 0 Å². The Labute approximate surface area is 163 Å². The number of benzene rings is 2. The van der Waals surface area contributed by atoms with Crippen molar-refractivity contribution in [3.05, 3.63) is 98.4 Å². The maximum atomic E-state index is 13.7.